The number of nitrogens with zero attached hydrogens (tertiary/aromatic N) is 2. The molecule has 3 atom stereocenters. The number of carboxylic acids is 1. The fourth-order valence-electron chi connectivity index (χ4n) is 8.00. The fourth-order valence-corrected chi connectivity index (χ4v) is 10.8. The van der Waals surface area contributed by atoms with Gasteiger partial charge in [-0.15, -0.1) is 15.6 Å². The Morgan fingerprint density at radius 3 is 2.31 bits per heavy atom. The quantitative estimate of drug-likeness (QED) is 0.118. The molecular formula is C41H44F2N4O6S2. The van der Waals surface area contributed by atoms with Gasteiger partial charge in [0.2, 0.25) is 0 Å². The molecule has 3 unspecified atom stereocenters. The molecule has 3 N–H and O–H groups in total. The van der Waals surface area contributed by atoms with Crippen LogP contribution < -0.4 is 10.6 Å². The van der Waals surface area contributed by atoms with Crippen molar-refractivity contribution in [2.45, 2.75) is 70.0 Å². The molecule has 2 bridgehead atoms. The van der Waals surface area contributed by atoms with Crippen molar-refractivity contribution in [3.63, 3.8) is 0 Å². The second kappa shape index (κ2) is 17.3. The zero-order valence-electron chi connectivity index (χ0n) is 30.6. The third-order valence-electron chi connectivity index (χ3n) is 10.7. The molecule has 290 valence electrons. The molecular weight excluding hydrogens is 747 g/mol. The Labute approximate surface area is 326 Å². The molecule has 0 radical (unpaired) electrons. The van der Waals surface area contributed by atoms with E-state index < -0.39 is 34.9 Å². The summed E-state index contributed by atoms with van der Waals surface area (Å²) in [6.45, 7) is 2.71. The normalized spacial score (nSPS) is 18.8. The first-order valence-electron chi connectivity index (χ1n) is 18.6. The maximum Gasteiger partial charge on any atom is 0.335 e. The number of aryl methyl sites for hydroxylation is 2. The molecule has 3 heterocycles. The van der Waals surface area contributed by atoms with Gasteiger partial charge in [0.1, 0.15) is 22.4 Å². The average molecular weight is 791 g/mol. The van der Waals surface area contributed by atoms with Crippen molar-refractivity contribution in [1.29, 1.82) is 0 Å². The number of carbonyl (C=O) groups excluding carboxylic acids is 2. The summed E-state index contributed by atoms with van der Waals surface area (Å²) in [6, 6.07) is 16.2. The second-order valence-electron chi connectivity index (χ2n) is 14.4. The number of fused-ring (bicyclic) bond motifs is 3. The van der Waals surface area contributed by atoms with Crippen LogP contribution in [-0.4, -0.2) is 81.3 Å². The number of piperazine rings is 1. The predicted octanol–water partition coefficient (Wildman–Crippen LogP) is 6.85. The lowest BCUT2D eigenvalue weighted by molar-refractivity contribution is 0.0696. The highest BCUT2D eigenvalue weighted by molar-refractivity contribution is 7.89. The van der Waals surface area contributed by atoms with Crippen LogP contribution in [0.1, 0.15) is 83.9 Å². The summed E-state index contributed by atoms with van der Waals surface area (Å²) in [5.41, 5.74) is 3.29. The Kier molecular flexibility index (Phi) is 12.3. The van der Waals surface area contributed by atoms with Crippen LogP contribution in [0.3, 0.4) is 0 Å². The summed E-state index contributed by atoms with van der Waals surface area (Å²) >= 11 is 0.301. The van der Waals surface area contributed by atoms with Gasteiger partial charge < -0.3 is 25.0 Å². The maximum atomic E-state index is 15.3. The number of hydrogen-bond donors (Lipinski definition) is 3. The molecule has 3 aliphatic rings. The maximum absolute atomic E-state index is 15.3. The predicted molar refractivity (Wildman–Crippen MR) is 209 cm³/mol. The van der Waals surface area contributed by atoms with Gasteiger partial charge in [0.05, 0.1) is 29.8 Å². The minimum atomic E-state index is -1.07. The topological polar surface area (TPSA) is 134 Å². The Morgan fingerprint density at radius 2 is 1.62 bits per heavy atom. The number of benzene rings is 3. The highest BCUT2D eigenvalue weighted by atomic mass is 32.2. The van der Waals surface area contributed by atoms with Gasteiger partial charge in [-0.25, -0.2) is 13.6 Å². The molecule has 3 aromatic carbocycles. The van der Waals surface area contributed by atoms with E-state index in [0.29, 0.717) is 47.9 Å². The van der Waals surface area contributed by atoms with E-state index in [4.69, 9.17) is 9.84 Å². The molecule has 14 heteroatoms. The van der Waals surface area contributed by atoms with Gasteiger partial charge in [0, 0.05) is 59.8 Å². The van der Waals surface area contributed by atoms with Crippen molar-refractivity contribution in [1.82, 2.24) is 9.21 Å². The van der Waals surface area contributed by atoms with Gasteiger partial charge in [-0.05, 0) is 104 Å². The lowest BCUT2D eigenvalue weighted by Crippen LogP contribution is -2.56. The van der Waals surface area contributed by atoms with Gasteiger partial charge >= 0.3 is 5.97 Å². The monoisotopic (exact) mass is 790 g/mol. The van der Waals surface area contributed by atoms with Gasteiger partial charge in [-0.2, -0.15) is 0 Å². The van der Waals surface area contributed by atoms with Gasteiger partial charge in [-0.3, -0.25) is 14.5 Å². The molecule has 0 saturated carbocycles. The number of methoxy groups -OCH3 is 1. The van der Waals surface area contributed by atoms with Gasteiger partial charge in [-0.1, -0.05) is 24.3 Å². The van der Waals surface area contributed by atoms with E-state index in [2.05, 4.69) is 19.8 Å². The van der Waals surface area contributed by atoms with Gasteiger partial charge in [0.25, 0.3) is 11.8 Å². The molecule has 1 aliphatic carbocycles. The Bertz CT molecular complexity index is 2020. The fraction of sp³-hybridized carbons (Fsp3) is 0.390. The molecule has 2 fully saturated rings. The van der Waals surface area contributed by atoms with Crippen molar-refractivity contribution in [3.8, 4) is 0 Å². The summed E-state index contributed by atoms with van der Waals surface area (Å²) in [6.07, 6.45) is 5.63. The number of carboxylic acid groups (broad SMARTS) is 1. The number of halogens is 2. The molecule has 2 saturated heterocycles. The number of thiophene rings is 1. The molecule has 2 aliphatic heterocycles. The zero-order valence-corrected chi connectivity index (χ0v) is 32.2. The number of likely N-dealkylation sites (tertiary alicyclic amines) is 1. The first-order chi connectivity index (χ1) is 26.6. The number of hydrogen-bond acceptors (Lipinski definition) is 8. The molecule has 7 rings (SSSR count). The molecule has 10 nitrogen and oxygen atoms in total. The number of aromatic carboxylic acids is 1. The number of anilines is 2. The molecule has 4 aromatic rings. The van der Waals surface area contributed by atoms with Crippen LogP contribution in [0.2, 0.25) is 0 Å². The van der Waals surface area contributed by atoms with Gasteiger partial charge in [0.15, 0.2) is 0 Å². The Balaban J connectivity index is 1.02. The van der Waals surface area contributed by atoms with E-state index in [1.807, 2.05) is 18.2 Å². The first-order valence-corrected chi connectivity index (χ1v) is 20.7. The average Bonchev–Trinajstić information content (AvgIpc) is 3.67. The van der Waals surface area contributed by atoms with Crippen molar-refractivity contribution in [2.75, 3.05) is 43.2 Å². The lowest BCUT2D eigenvalue weighted by atomic mass is 9.95. The van der Waals surface area contributed by atoms with Crippen LogP contribution in [0.25, 0.3) is 0 Å². The lowest BCUT2D eigenvalue weighted by Gasteiger charge is -2.40. The number of rotatable bonds is 14. The largest absolute Gasteiger partial charge is 0.598 e. The minimum Gasteiger partial charge on any atom is -0.598 e. The summed E-state index contributed by atoms with van der Waals surface area (Å²) in [5, 5.41) is 15.2. The zero-order chi connectivity index (χ0) is 38.6. The number of nitrogens with one attached hydrogen (secondary N) is 2. The van der Waals surface area contributed by atoms with Crippen LogP contribution in [0.15, 0.2) is 60.7 Å². The Hall–Kier alpha value is -4.18. The van der Waals surface area contributed by atoms with E-state index in [1.165, 1.54) is 23.5 Å². The summed E-state index contributed by atoms with van der Waals surface area (Å²) < 4.78 is 50.7. The second-order valence-corrected chi connectivity index (χ2v) is 17.0. The van der Waals surface area contributed by atoms with E-state index >= 15 is 8.78 Å². The van der Waals surface area contributed by atoms with E-state index in [9.17, 15) is 18.9 Å². The van der Waals surface area contributed by atoms with Crippen molar-refractivity contribution < 1.29 is 37.6 Å². The van der Waals surface area contributed by atoms with Crippen LogP contribution in [0, 0.1) is 11.6 Å². The van der Waals surface area contributed by atoms with E-state index in [1.54, 1.807) is 25.3 Å². The Morgan fingerprint density at radius 1 is 0.909 bits per heavy atom. The van der Waals surface area contributed by atoms with E-state index in [0.717, 1.165) is 78.9 Å². The molecule has 1 aromatic heterocycles. The first kappa shape index (κ1) is 39.1. The number of carbonyl (C=O) groups is 3. The highest BCUT2D eigenvalue weighted by Gasteiger charge is 2.46. The van der Waals surface area contributed by atoms with Crippen LogP contribution in [0.5, 0.6) is 0 Å². The van der Waals surface area contributed by atoms with Crippen molar-refractivity contribution in [2.24, 2.45) is 0 Å². The van der Waals surface area contributed by atoms with E-state index in [-0.39, 0.29) is 41.2 Å². The van der Waals surface area contributed by atoms with Crippen LogP contribution >= 0.6 is 11.3 Å². The summed E-state index contributed by atoms with van der Waals surface area (Å²) in [5.74, 6) is -3.06. The third-order valence-corrected chi connectivity index (χ3v) is 13.5. The van der Waals surface area contributed by atoms with Crippen molar-refractivity contribution in [3.05, 3.63) is 116 Å². The third kappa shape index (κ3) is 8.95. The molecule has 55 heavy (non-hydrogen) atoms. The van der Waals surface area contributed by atoms with Crippen LogP contribution in [-0.2, 0) is 48.3 Å². The summed E-state index contributed by atoms with van der Waals surface area (Å²) in [7, 11) is 1.62. The highest BCUT2D eigenvalue weighted by Crippen LogP contribution is 2.39. The molecule has 0 spiro atoms. The SMILES string of the molecule is COCC[S+]([O-])N1C2CCC1CN(Cc1cccc(C(=O)Nc3sc4c(c3C(=O)Nc3cc(F)c(CCc5ccc(C(=O)O)cc5)c(F)c3)CCCC4)c1)C2. The molecule has 2 amide bonds. The van der Waals surface area contributed by atoms with Crippen molar-refractivity contribution >= 4 is 51.2 Å². The standard InChI is InChI=1S/C41H44F2N4O6S2/c1-53-17-18-55(52)47-30-14-15-31(47)24-46(23-30)22-26-5-4-6-28(19-26)38(48)45-40-37(33-7-2-3-8-36(33)54-40)39(49)44-29-20-34(42)32(35(43)21-29)16-11-25-9-12-27(13-10-25)41(50)51/h4-6,9-10,12-13,19-21,30-31H,2-3,7-8,11,14-18,22-24H2,1H3,(H,44,49)(H,45,48)(H,50,51). The minimum absolute atomic E-state index is 0.0363. The smallest absolute Gasteiger partial charge is 0.335 e. The summed E-state index contributed by atoms with van der Waals surface area (Å²) in [4.78, 5) is 42.1. The number of amides is 2. The van der Waals surface area contributed by atoms with Crippen LogP contribution in [0.4, 0.5) is 19.5 Å². The number of ether oxygens (including phenoxy) is 1.